The van der Waals surface area contributed by atoms with E-state index in [9.17, 15) is 4.79 Å². The van der Waals surface area contributed by atoms with Crippen LogP contribution in [-0.4, -0.2) is 46.0 Å². The number of H-pyrrole nitrogens is 1. The number of urea groups is 1. The molecule has 0 saturated carbocycles. The fraction of sp³-hybridized carbons (Fsp3) is 0.345. The molecule has 3 N–H and O–H groups in total. The summed E-state index contributed by atoms with van der Waals surface area (Å²) in [5.41, 5.74) is 5.22. The van der Waals surface area contributed by atoms with Gasteiger partial charge in [-0.2, -0.15) is 0 Å². The number of hydrogen-bond donors (Lipinski definition) is 3. The van der Waals surface area contributed by atoms with E-state index in [1.54, 1.807) is 17.3 Å². The molecule has 0 fully saturated rings. The summed E-state index contributed by atoms with van der Waals surface area (Å²) >= 11 is 0. The number of ether oxygens (including phenoxy) is 1. The molecule has 8 nitrogen and oxygen atoms in total. The van der Waals surface area contributed by atoms with Gasteiger partial charge in [-0.1, -0.05) is 32.3 Å². The van der Waals surface area contributed by atoms with Gasteiger partial charge in [-0.15, -0.1) is 0 Å². The van der Waals surface area contributed by atoms with Crippen molar-refractivity contribution in [3.05, 3.63) is 66.1 Å². The average molecular weight is 499 g/mol. The molecule has 2 amide bonds. The minimum absolute atomic E-state index is 0.160. The zero-order valence-corrected chi connectivity index (χ0v) is 21.5. The van der Waals surface area contributed by atoms with Crippen LogP contribution in [0.4, 0.5) is 10.6 Å². The highest BCUT2D eigenvalue weighted by Gasteiger charge is 2.16. The van der Waals surface area contributed by atoms with E-state index < -0.39 is 0 Å². The van der Waals surface area contributed by atoms with Crippen molar-refractivity contribution in [1.82, 2.24) is 25.2 Å². The van der Waals surface area contributed by atoms with Crippen molar-refractivity contribution in [2.75, 3.05) is 25.5 Å². The number of nitrogens with one attached hydrogen (secondary N) is 3. The topological polar surface area (TPSA) is 95.2 Å². The summed E-state index contributed by atoms with van der Waals surface area (Å²) in [5, 5.41) is 7.23. The number of pyridine rings is 2. The molecule has 0 unspecified atom stereocenters. The van der Waals surface area contributed by atoms with Crippen LogP contribution in [0.25, 0.3) is 22.2 Å². The summed E-state index contributed by atoms with van der Waals surface area (Å²) in [7, 11) is 1.82. The molecular formula is C29H34N6O2. The number of nitrogens with zero attached hydrogens (tertiary/aromatic N) is 3. The molecule has 0 atom stereocenters. The number of benzene rings is 1. The van der Waals surface area contributed by atoms with E-state index >= 15 is 0 Å². The van der Waals surface area contributed by atoms with Gasteiger partial charge in [0, 0.05) is 44.3 Å². The van der Waals surface area contributed by atoms with Gasteiger partial charge in [-0.05, 0) is 66.4 Å². The Labute approximate surface area is 217 Å². The Hall–Kier alpha value is -3.91. The Kier molecular flexibility index (Phi) is 7.65. The average Bonchev–Trinajstić information content (AvgIpc) is 3.36. The van der Waals surface area contributed by atoms with Crippen molar-refractivity contribution in [2.45, 2.75) is 45.6 Å². The van der Waals surface area contributed by atoms with Gasteiger partial charge >= 0.3 is 6.03 Å². The van der Waals surface area contributed by atoms with Crippen LogP contribution in [0.2, 0.25) is 0 Å². The van der Waals surface area contributed by atoms with Gasteiger partial charge in [0.2, 0.25) is 0 Å². The van der Waals surface area contributed by atoms with Gasteiger partial charge in [0.05, 0.1) is 5.39 Å². The van der Waals surface area contributed by atoms with E-state index in [2.05, 4.69) is 44.6 Å². The Morgan fingerprint density at radius 1 is 1.08 bits per heavy atom. The largest absolute Gasteiger partial charge is 0.457 e. The minimum atomic E-state index is -0.160. The third-order valence-corrected chi connectivity index (χ3v) is 6.83. The van der Waals surface area contributed by atoms with Crippen molar-refractivity contribution in [2.24, 2.45) is 0 Å². The summed E-state index contributed by atoms with van der Waals surface area (Å²) in [6.45, 7) is 4.76. The second-order valence-corrected chi connectivity index (χ2v) is 9.54. The molecule has 37 heavy (non-hydrogen) atoms. The van der Waals surface area contributed by atoms with E-state index in [0.717, 1.165) is 72.6 Å². The lowest BCUT2D eigenvalue weighted by atomic mass is 10.0. The highest BCUT2D eigenvalue weighted by atomic mass is 16.5. The molecule has 4 aromatic rings. The quantitative estimate of drug-likeness (QED) is 0.242. The van der Waals surface area contributed by atoms with Crippen molar-refractivity contribution >= 4 is 22.9 Å². The zero-order chi connectivity index (χ0) is 25.6. The predicted octanol–water partition coefficient (Wildman–Crippen LogP) is 6.11. The van der Waals surface area contributed by atoms with Crippen LogP contribution in [0.5, 0.6) is 11.5 Å². The van der Waals surface area contributed by atoms with Crippen molar-refractivity contribution in [3.8, 4) is 22.6 Å². The number of rotatable bonds is 9. The first-order valence-corrected chi connectivity index (χ1v) is 13.1. The summed E-state index contributed by atoms with van der Waals surface area (Å²) < 4.78 is 6.38. The van der Waals surface area contributed by atoms with E-state index in [0.29, 0.717) is 5.82 Å². The highest BCUT2D eigenvalue weighted by Crippen LogP contribution is 2.37. The van der Waals surface area contributed by atoms with Crippen molar-refractivity contribution in [1.29, 1.82) is 0 Å². The second-order valence-electron chi connectivity index (χ2n) is 9.54. The van der Waals surface area contributed by atoms with Crippen molar-refractivity contribution in [3.63, 3.8) is 0 Å². The molecular weight excluding hydrogens is 464 g/mol. The van der Waals surface area contributed by atoms with Crippen LogP contribution in [0.15, 0.2) is 55.0 Å². The van der Waals surface area contributed by atoms with E-state index in [1.807, 2.05) is 37.5 Å². The fourth-order valence-electron chi connectivity index (χ4n) is 4.74. The molecule has 0 saturated heterocycles. The molecule has 1 aliphatic heterocycles. The van der Waals surface area contributed by atoms with Crippen LogP contribution in [-0.2, 0) is 13.0 Å². The van der Waals surface area contributed by atoms with Gasteiger partial charge in [0.15, 0.2) is 0 Å². The number of aromatic amines is 1. The monoisotopic (exact) mass is 498 g/mol. The Morgan fingerprint density at radius 2 is 1.97 bits per heavy atom. The lowest BCUT2D eigenvalue weighted by molar-refractivity contribution is 0.221. The molecule has 0 spiro atoms. The number of hydrogen-bond acceptors (Lipinski definition) is 5. The molecule has 5 rings (SSSR count). The Balaban J connectivity index is 1.36. The first-order chi connectivity index (χ1) is 18.1. The number of amides is 2. The van der Waals surface area contributed by atoms with E-state index in [1.165, 1.54) is 24.0 Å². The van der Waals surface area contributed by atoms with Crippen LogP contribution in [0, 0.1) is 0 Å². The predicted molar refractivity (Wildman–Crippen MR) is 147 cm³/mol. The molecule has 0 radical (unpaired) electrons. The van der Waals surface area contributed by atoms with Crippen LogP contribution < -0.4 is 15.4 Å². The first kappa shape index (κ1) is 24.8. The SMILES string of the molecule is CCCCCCN(C)C(=O)Nc1cc(-c2c[nH]c3nccc(Oc4ccc5c(c4)CNCC5)c23)ccn1. The summed E-state index contributed by atoms with van der Waals surface area (Å²) in [4.78, 5) is 26.5. The van der Waals surface area contributed by atoms with Crippen LogP contribution in [0.3, 0.4) is 0 Å². The Bertz CT molecular complexity index is 1380. The molecule has 3 aromatic heterocycles. The smallest absolute Gasteiger partial charge is 0.322 e. The lowest BCUT2D eigenvalue weighted by Gasteiger charge is -2.18. The maximum Gasteiger partial charge on any atom is 0.322 e. The van der Waals surface area contributed by atoms with Crippen molar-refractivity contribution < 1.29 is 9.53 Å². The molecule has 192 valence electrons. The zero-order valence-electron chi connectivity index (χ0n) is 21.5. The molecule has 8 heteroatoms. The summed E-state index contributed by atoms with van der Waals surface area (Å²) in [6, 6.07) is 11.8. The molecule has 0 bridgehead atoms. The third-order valence-electron chi connectivity index (χ3n) is 6.83. The summed E-state index contributed by atoms with van der Waals surface area (Å²) in [6.07, 6.45) is 10.9. The number of carbonyl (C=O) groups excluding carboxylic acids is 1. The number of aromatic nitrogens is 3. The Morgan fingerprint density at radius 3 is 2.86 bits per heavy atom. The van der Waals surface area contributed by atoms with Crippen LogP contribution >= 0.6 is 0 Å². The lowest BCUT2D eigenvalue weighted by Crippen LogP contribution is -2.32. The molecule has 1 aliphatic rings. The van der Waals surface area contributed by atoms with Crippen LogP contribution in [0.1, 0.15) is 43.7 Å². The summed E-state index contributed by atoms with van der Waals surface area (Å²) in [5.74, 6) is 2.02. The van der Waals surface area contributed by atoms with Gasteiger partial charge in [0.1, 0.15) is 23.0 Å². The number of fused-ring (bicyclic) bond motifs is 2. The van der Waals surface area contributed by atoms with E-state index in [-0.39, 0.29) is 6.03 Å². The highest BCUT2D eigenvalue weighted by molar-refractivity contribution is 5.99. The number of anilines is 1. The normalized spacial score (nSPS) is 12.8. The van der Waals surface area contributed by atoms with E-state index in [4.69, 9.17) is 4.74 Å². The minimum Gasteiger partial charge on any atom is -0.457 e. The van der Waals surface area contributed by atoms with Gasteiger partial charge in [-0.3, -0.25) is 5.32 Å². The maximum absolute atomic E-state index is 12.7. The fourth-order valence-corrected chi connectivity index (χ4v) is 4.74. The van der Waals surface area contributed by atoms with Gasteiger partial charge in [0.25, 0.3) is 0 Å². The first-order valence-electron chi connectivity index (χ1n) is 13.1. The van der Waals surface area contributed by atoms with Gasteiger partial charge < -0.3 is 19.9 Å². The number of unbranched alkanes of at least 4 members (excludes halogenated alkanes) is 3. The van der Waals surface area contributed by atoms with Gasteiger partial charge in [-0.25, -0.2) is 14.8 Å². The number of carbonyl (C=O) groups is 1. The molecule has 4 heterocycles. The standard InChI is InChI=1S/C29H34N6O2/c1-3-4-5-6-15-35(2)29(36)34-26-17-21(10-13-31-26)24-19-33-28-27(24)25(11-14-32-28)37-23-8-7-20-9-12-30-18-22(20)16-23/h7-8,10-11,13-14,16-17,19,30H,3-6,9,12,15,18H2,1-2H3,(H,32,33)(H,31,34,36). The molecule has 1 aromatic carbocycles. The maximum atomic E-state index is 12.7. The second kappa shape index (κ2) is 11.4. The third kappa shape index (κ3) is 5.75. The molecule has 0 aliphatic carbocycles.